The maximum atomic E-state index is 12.2. The highest BCUT2D eigenvalue weighted by atomic mass is 16.3. The second kappa shape index (κ2) is 6.12. The van der Waals surface area contributed by atoms with Gasteiger partial charge >= 0.3 is 0 Å². The number of phenols is 1. The molecule has 0 aliphatic carbocycles. The van der Waals surface area contributed by atoms with Gasteiger partial charge in [0.15, 0.2) is 0 Å². The second-order valence-corrected chi connectivity index (χ2v) is 5.58. The Morgan fingerprint density at radius 3 is 2.78 bits per heavy atom. The van der Waals surface area contributed by atoms with Gasteiger partial charge in [-0.2, -0.15) is 0 Å². The first kappa shape index (κ1) is 15.1. The van der Waals surface area contributed by atoms with Crippen molar-refractivity contribution in [3.8, 4) is 5.75 Å². The SMILES string of the molecule is Cc1ccc(C(=O)NCCn2c(C)nc3ccccc32)c(O)c1. The fraction of sp³-hybridized carbons (Fsp3) is 0.222. The summed E-state index contributed by atoms with van der Waals surface area (Å²) in [5, 5.41) is 12.7. The molecule has 0 atom stereocenters. The first-order valence-corrected chi connectivity index (χ1v) is 7.56. The zero-order valence-corrected chi connectivity index (χ0v) is 13.2. The van der Waals surface area contributed by atoms with E-state index in [1.807, 2.05) is 44.2 Å². The Bertz CT molecular complexity index is 868. The Morgan fingerprint density at radius 2 is 2.00 bits per heavy atom. The number of rotatable bonds is 4. The third-order valence-electron chi connectivity index (χ3n) is 3.86. The molecule has 1 amide bonds. The van der Waals surface area contributed by atoms with Gasteiger partial charge < -0.3 is 15.0 Å². The number of nitrogens with zero attached hydrogens (tertiary/aromatic N) is 2. The molecule has 23 heavy (non-hydrogen) atoms. The predicted molar refractivity (Wildman–Crippen MR) is 89.6 cm³/mol. The van der Waals surface area contributed by atoms with Crippen LogP contribution in [0.4, 0.5) is 0 Å². The van der Waals surface area contributed by atoms with E-state index >= 15 is 0 Å². The molecule has 3 aromatic rings. The van der Waals surface area contributed by atoms with Crippen LogP contribution in [0.2, 0.25) is 0 Å². The van der Waals surface area contributed by atoms with Crippen LogP contribution >= 0.6 is 0 Å². The van der Waals surface area contributed by atoms with E-state index in [0.29, 0.717) is 18.7 Å². The molecular weight excluding hydrogens is 290 g/mol. The zero-order valence-electron chi connectivity index (χ0n) is 13.2. The normalized spacial score (nSPS) is 10.9. The van der Waals surface area contributed by atoms with E-state index in [1.165, 1.54) is 0 Å². The number of para-hydroxylation sites is 2. The van der Waals surface area contributed by atoms with E-state index in [9.17, 15) is 9.90 Å². The van der Waals surface area contributed by atoms with Crippen LogP contribution < -0.4 is 5.32 Å². The van der Waals surface area contributed by atoms with Gasteiger partial charge in [0.1, 0.15) is 11.6 Å². The van der Waals surface area contributed by atoms with E-state index < -0.39 is 0 Å². The molecule has 0 aliphatic rings. The predicted octanol–water partition coefficient (Wildman–Crippen LogP) is 2.79. The number of amides is 1. The minimum atomic E-state index is -0.274. The van der Waals surface area contributed by atoms with Crippen LogP contribution in [0.1, 0.15) is 21.7 Å². The lowest BCUT2D eigenvalue weighted by Gasteiger charge is -2.10. The van der Waals surface area contributed by atoms with Crippen molar-refractivity contribution in [1.29, 1.82) is 0 Å². The number of aromatic nitrogens is 2. The number of phenolic OH excluding ortho intramolecular Hbond substituents is 1. The summed E-state index contributed by atoms with van der Waals surface area (Å²) in [6.45, 7) is 4.92. The summed E-state index contributed by atoms with van der Waals surface area (Å²) in [5.74, 6) is 0.648. The second-order valence-electron chi connectivity index (χ2n) is 5.58. The maximum Gasteiger partial charge on any atom is 0.255 e. The molecule has 0 bridgehead atoms. The molecule has 5 nitrogen and oxygen atoms in total. The number of aryl methyl sites for hydroxylation is 2. The fourth-order valence-corrected chi connectivity index (χ4v) is 2.69. The summed E-state index contributed by atoms with van der Waals surface area (Å²) >= 11 is 0. The maximum absolute atomic E-state index is 12.2. The molecule has 2 N–H and O–H groups in total. The van der Waals surface area contributed by atoms with Crippen molar-refractivity contribution in [3.05, 3.63) is 59.4 Å². The fourth-order valence-electron chi connectivity index (χ4n) is 2.69. The quantitative estimate of drug-likeness (QED) is 0.779. The van der Waals surface area contributed by atoms with Crippen LogP contribution in [-0.4, -0.2) is 27.1 Å². The topological polar surface area (TPSA) is 67.2 Å². The number of carbonyl (C=O) groups excluding carboxylic acids is 1. The Hall–Kier alpha value is -2.82. The summed E-state index contributed by atoms with van der Waals surface area (Å²) in [6.07, 6.45) is 0. The van der Waals surface area contributed by atoms with Crippen LogP contribution in [0.5, 0.6) is 5.75 Å². The number of carbonyl (C=O) groups is 1. The van der Waals surface area contributed by atoms with Gasteiger partial charge in [-0.3, -0.25) is 4.79 Å². The van der Waals surface area contributed by atoms with Gasteiger partial charge in [-0.1, -0.05) is 18.2 Å². The molecule has 1 aromatic heterocycles. The minimum absolute atomic E-state index is 0.00626. The molecule has 0 aliphatic heterocycles. The van der Waals surface area contributed by atoms with Gasteiger partial charge in [0.25, 0.3) is 5.91 Å². The number of fused-ring (bicyclic) bond motifs is 1. The Kier molecular flexibility index (Phi) is 4.02. The number of imidazole rings is 1. The standard InChI is InChI=1S/C18H19N3O2/c1-12-7-8-14(17(22)11-12)18(23)19-9-10-21-13(2)20-15-5-3-4-6-16(15)21/h3-8,11,22H,9-10H2,1-2H3,(H,19,23). The van der Waals surface area contributed by atoms with Crippen LogP contribution in [0.15, 0.2) is 42.5 Å². The molecule has 118 valence electrons. The highest BCUT2D eigenvalue weighted by Crippen LogP contribution is 2.18. The number of benzene rings is 2. The molecular formula is C18H19N3O2. The molecule has 2 aromatic carbocycles. The van der Waals surface area contributed by atoms with Crippen molar-refractivity contribution in [2.24, 2.45) is 0 Å². The Morgan fingerprint density at radius 1 is 1.22 bits per heavy atom. The highest BCUT2D eigenvalue weighted by Gasteiger charge is 2.11. The summed E-state index contributed by atoms with van der Waals surface area (Å²) in [4.78, 5) is 16.7. The first-order valence-electron chi connectivity index (χ1n) is 7.56. The van der Waals surface area contributed by atoms with Crippen molar-refractivity contribution >= 4 is 16.9 Å². The molecule has 1 heterocycles. The smallest absolute Gasteiger partial charge is 0.255 e. The molecule has 0 saturated heterocycles. The van der Waals surface area contributed by atoms with E-state index in [1.54, 1.807) is 12.1 Å². The molecule has 0 radical (unpaired) electrons. The van der Waals surface area contributed by atoms with E-state index in [-0.39, 0.29) is 11.7 Å². The third kappa shape index (κ3) is 3.04. The summed E-state index contributed by atoms with van der Waals surface area (Å²) in [7, 11) is 0. The lowest BCUT2D eigenvalue weighted by atomic mass is 10.1. The number of nitrogens with one attached hydrogen (secondary N) is 1. The minimum Gasteiger partial charge on any atom is -0.507 e. The van der Waals surface area contributed by atoms with Crippen molar-refractivity contribution < 1.29 is 9.90 Å². The van der Waals surface area contributed by atoms with Gasteiger partial charge in [0, 0.05) is 13.1 Å². The average molecular weight is 309 g/mol. The molecule has 0 saturated carbocycles. The molecule has 5 heteroatoms. The van der Waals surface area contributed by atoms with Gasteiger partial charge in [0.2, 0.25) is 0 Å². The Balaban J connectivity index is 1.69. The molecule has 0 unspecified atom stereocenters. The van der Waals surface area contributed by atoms with E-state index in [0.717, 1.165) is 22.4 Å². The van der Waals surface area contributed by atoms with Gasteiger partial charge in [0.05, 0.1) is 16.6 Å². The monoisotopic (exact) mass is 309 g/mol. The number of hydrogen-bond acceptors (Lipinski definition) is 3. The van der Waals surface area contributed by atoms with Crippen LogP contribution in [0, 0.1) is 13.8 Å². The summed E-state index contributed by atoms with van der Waals surface area (Å²) in [5.41, 5.74) is 3.22. The van der Waals surface area contributed by atoms with Crippen molar-refractivity contribution in [2.45, 2.75) is 20.4 Å². The van der Waals surface area contributed by atoms with Crippen LogP contribution in [0.25, 0.3) is 11.0 Å². The largest absolute Gasteiger partial charge is 0.507 e. The highest BCUT2D eigenvalue weighted by molar-refractivity contribution is 5.96. The molecule has 3 rings (SSSR count). The van der Waals surface area contributed by atoms with Crippen LogP contribution in [0.3, 0.4) is 0 Å². The third-order valence-corrected chi connectivity index (χ3v) is 3.86. The van der Waals surface area contributed by atoms with Gasteiger partial charge in [-0.05, 0) is 43.7 Å². The summed E-state index contributed by atoms with van der Waals surface area (Å²) < 4.78 is 2.07. The van der Waals surface area contributed by atoms with E-state index in [4.69, 9.17) is 0 Å². The molecule has 0 fully saturated rings. The first-order chi connectivity index (χ1) is 11.1. The lowest BCUT2D eigenvalue weighted by Crippen LogP contribution is -2.27. The average Bonchev–Trinajstić information content (AvgIpc) is 2.83. The zero-order chi connectivity index (χ0) is 16.4. The van der Waals surface area contributed by atoms with Crippen LogP contribution in [-0.2, 0) is 6.54 Å². The molecule has 0 spiro atoms. The van der Waals surface area contributed by atoms with Gasteiger partial charge in [-0.25, -0.2) is 4.98 Å². The number of aromatic hydroxyl groups is 1. The Labute approximate surface area is 134 Å². The summed E-state index contributed by atoms with van der Waals surface area (Å²) in [6, 6.07) is 13.0. The van der Waals surface area contributed by atoms with Crippen molar-refractivity contribution in [3.63, 3.8) is 0 Å². The van der Waals surface area contributed by atoms with Crippen molar-refractivity contribution in [1.82, 2.24) is 14.9 Å². The van der Waals surface area contributed by atoms with E-state index in [2.05, 4.69) is 14.9 Å². The van der Waals surface area contributed by atoms with Crippen molar-refractivity contribution in [2.75, 3.05) is 6.54 Å². The van der Waals surface area contributed by atoms with Gasteiger partial charge in [-0.15, -0.1) is 0 Å². The lowest BCUT2D eigenvalue weighted by molar-refractivity contribution is 0.0949. The number of hydrogen-bond donors (Lipinski definition) is 2.